The second-order valence-corrected chi connectivity index (χ2v) is 7.12. The second-order valence-electron chi connectivity index (χ2n) is 6.13. The SMILES string of the molecule is COc1ccc(-c2ccc(SCC(=O)Nc3ccc(C)c(F)c3)nn2)cc1OC. The molecule has 0 radical (unpaired) electrons. The fraction of sp³-hybridized carbons (Fsp3) is 0.190. The van der Waals surface area contributed by atoms with Gasteiger partial charge in [-0.25, -0.2) is 4.39 Å². The molecule has 0 bridgehead atoms. The summed E-state index contributed by atoms with van der Waals surface area (Å²) in [5, 5.41) is 11.7. The van der Waals surface area contributed by atoms with Gasteiger partial charge in [-0.2, -0.15) is 0 Å². The molecule has 0 aliphatic heterocycles. The van der Waals surface area contributed by atoms with Crippen LogP contribution in [-0.4, -0.2) is 36.1 Å². The molecule has 0 saturated carbocycles. The maximum Gasteiger partial charge on any atom is 0.234 e. The van der Waals surface area contributed by atoms with E-state index in [9.17, 15) is 9.18 Å². The van der Waals surface area contributed by atoms with Crippen molar-refractivity contribution in [1.29, 1.82) is 0 Å². The molecular weight excluding hydrogens is 393 g/mol. The smallest absolute Gasteiger partial charge is 0.234 e. The first-order chi connectivity index (χ1) is 14.0. The summed E-state index contributed by atoms with van der Waals surface area (Å²) in [5.74, 6) is 0.779. The van der Waals surface area contributed by atoms with Crippen LogP contribution < -0.4 is 14.8 Å². The third-order valence-electron chi connectivity index (χ3n) is 4.13. The minimum atomic E-state index is -0.355. The fourth-order valence-corrected chi connectivity index (χ4v) is 3.17. The maximum atomic E-state index is 13.6. The van der Waals surface area contributed by atoms with Gasteiger partial charge in [-0.1, -0.05) is 17.8 Å². The lowest BCUT2D eigenvalue weighted by atomic mass is 10.1. The van der Waals surface area contributed by atoms with Crippen LogP contribution in [0.15, 0.2) is 53.6 Å². The largest absolute Gasteiger partial charge is 0.493 e. The van der Waals surface area contributed by atoms with Crippen LogP contribution in [0.1, 0.15) is 5.56 Å². The van der Waals surface area contributed by atoms with Crippen molar-refractivity contribution in [3.05, 3.63) is 59.9 Å². The van der Waals surface area contributed by atoms with Gasteiger partial charge in [-0.05, 0) is 55.0 Å². The van der Waals surface area contributed by atoms with Gasteiger partial charge in [0.1, 0.15) is 10.8 Å². The average Bonchev–Trinajstić information content (AvgIpc) is 2.74. The molecule has 2 aromatic carbocycles. The van der Waals surface area contributed by atoms with Crippen molar-refractivity contribution in [3.63, 3.8) is 0 Å². The van der Waals surface area contributed by atoms with E-state index in [1.165, 1.54) is 17.8 Å². The van der Waals surface area contributed by atoms with Crippen LogP contribution in [0, 0.1) is 12.7 Å². The van der Waals surface area contributed by atoms with E-state index in [2.05, 4.69) is 15.5 Å². The summed E-state index contributed by atoms with van der Waals surface area (Å²) < 4.78 is 24.1. The van der Waals surface area contributed by atoms with Crippen molar-refractivity contribution >= 4 is 23.4 Å². The Hall–Kier alpha value is -3.13. The lowest BCUT2D eigenvalue weighted by Gasteiger charge is -2.09. The molecule has 1 aromatic heterocycles. The zero-order valence-corrected chi connectivity index (χ0v) is 17.0. The summed E-state index contributed by atoms with van der Waals surface area (Å²) in [6.07, 6.45) is 0. The van der Waals surface area contributed by atoms with Gasteiger partial charge in [0.05, 0.1) is 25.7 Å². The maximum absolute atomic E-state index is 13.6. The van der Waals surface area contributed by atoms with Crippen molar-refractivity contribution in [1.82, 2.24) is 10.2 Å². The number of halogens is 1. The highest BCUT2D eigenvalue weighted by Gasteiger charge is 2.10. The van der Waals surface area contributed by atoms with Crippen LogP contribution in [-0.2, 0) is 4.79 Å². The summed E-state index contributed by atoms with van der Waals surface area (Å²) in [4.78, 5) is 12.1. The molecule has 3 rings (SSSR count). The number of nitrogens with one attached hydrogen (secondary N) is 1. The van der Waals surface area contributed by atoms with E-state index in [1.807, 2.05) is 18.2 Å². The van der Waals surface area contributed by atoms with Gasteiger partial charge in [0.2, 0.25) is 5.91 Å². The quantitative estimate of drug-likeness (QED) is 0.581. The average molecular weight is 413 g/mol. The number of ether oxygens (including phenoxy) is 2. The van der Waals surface area contributed by atoms with E-state index in [4.69, 9.17) is 9.47 Å². The summed E-state index contributed by atoms with van der Waals surface area (Å²) in [7, 11) is 3.15. The van der Waals surface area contributed by atoms with E-state index in [1.54, 1.807) is 45.4 Å². The van der Waals surface area contributed by atoms with Crippen molar-refractivity contribution in [2.24, 2.45) is 0 Å². The van der Waals surface area contributed by atoms with Gasteiger partial charge in [0.25, 0.3) is 0 Å². The molecule has 3 aromatic rings. The van der Waals surface area contributed by atoms with Gasteiger partial charge in [-0.15, -0.1) is 10.2 Å². The molecule has 0 atom stereocenters. The molecule has 0 spiro atoms. The van der Waals surface area contributed by atoms with Gasteiger partial charge in [0.15, 0.2) is 11.5 Å². The molecule has 1 heterocycles. The topological polar surface area (TPSA) is 73.3 Å². The van der Waals surface area contributed by atoms with Gasteiger partial charge in [0, 0.05) is 11.3 Å². The fourth-order valence-electron chi connectivity index (χ4n) is 2.55. The normalized spacial score (nSPS) is 10.5. The number of thioether (sulfide) groups is 1. The van der Waals surface area contributed by atoms with E-state index in [0.717, 1.165) is 5.56 Å². The summed E-state index contributed by atoms with van der Waals surface area (Å²) in [6.45, 7) is 1.67. The highest BCUT2D eigenvalue weighted by molar-refractivity contribution is 7.99. The molecule has 1 N–H and O–H groups in total. The van der Waals surface area contributed by atoms with Crippen molar-refractivity contribution in [2.45, 2.75) is 11.9 Å². The van der Waals surface area contributed by atoms with Crippen LogP contribution >= 0.6 is 11.8 Å². The van der Waals surface area contributed by atoms with E-state index in [0.29, 0.717) is 33.5 Å². The number of rotatable bonds is 7. The molecule has 6 nitrogen and oxygen atoms in total. The van der Waals surface area contributed by atoms with Gasteiger partial charge in [-0.3, -0.25) is 4.79 Å². The van der Waals surface area contributed by atoms with Gasteiger partial charge >= 0.3 is 0 Å². The monoisotopic (exact) mass is 413 g/mol. The van der Waals surface area contributed by atoms with E-state index in [-0.39, 0.29) is 17.5 Å². The number of nitrogens with zero attached hydrogens (tertiary/aromatic N) is 2. The first kappa shape index (κ1) is 20.6. The Bertz CT molecular complexity index is 1010. The molecular formula is C21H20FN3O3S. The first-order valence-electron chi connectivity index (χ1n) is 8.75. The van der Waals surface area contributed by atoms with E-state index >= 15 is 0 Å². The summed E-state index contributed by atoms with van der Waals surface area (Å²) in [5.41, 5.74) is 2.47. The minimum absolute atomic E-state index is 0.139. The first-order valence-corrected chi connectivity index (χ1v) is 9.73. The Balaban J connectivity index is 1.60. The number of methoxy groups -OCH3 is 2. The van der Waals surface area contributed by atoms with Crippen LogP contribution in [0.25, 0.3) is 11.3 Å². The number of benzene rings is 2. The molecule has 0 aliphatic carbocycles. The van der Waals surface area contributed by atoms with Gasteiger partial charge < -0.3 is 14.8 Å². The number of hydrogen-bond acceptors (Lipinski definition) is 6. The number of aromatic nitrogens is 2. The molecule has 0 fully saturated rings. The Morgan fingerprint density at radius 2 is 1.83 bits per heavy atom. The third kappa shape index (κ3) is 5.23. The van der Waals surface area contributed by atoms with Crippen molar-refractivity contribution in [2.75, 3.05) is 25.3 Å². The predicted octanol–water partition coefficient (Wildman–Crippen LogP) is 4.34. The zero-order chi connectivity index (χ0) is 20.8. The molecule has 1 amide bonds. The highest BCUT2D eigenvalue weighted by Crippen LogP contribution is 2.31. The molecule has 29 heavy (non-hydrogen) atoms. The molecule has 8 heteroatoms. The number of carbonyl (C=O) groups excluding carboxylic acids is 1. The summed E-state index contributed by atoms with van der Waals surface area (Å²) >= 11 is 1.25. The van der Waals surface area contributed by atoms with Crippen LogP contribution in [0.5, 0.6) is 11.5 Å². The van der Waals surface area contributed by atoms with Crippen molar-refractivity contribution in [3.8, 4) is 22.8 Å². The van der Waals surface area contributed by atoms with Crippen LogP contribution in [0.4, 0.5) is 10.1 Å². The Morgan fingerprint density at radius 1 is 1.03 bits per heavy atom. The number of carbonyl (C=O) groups is 1. The zero-order valence-electron chi connectivity index (χ0n) is 16.2. The van der Waals surface area contributed by atoms with E-state index < -0.39 is 0 Å². The predicted molar refractivity (Wildman–Crippen MR) is 111 cm³/mol. The molecule has 0 unspecified atom stereocenters. The molecule has 150 valence electrons. The second kappa shape index (κ2) is 9.38. The number of amides is 1. The van der Waals surface area contributed by atoms with Crippen LogP contribution in [0.2, 0.25) is 0 Å². The number of aryl methyl sites for hydroxylation is 1. The number of hydrogen-bond donors (Lipinski definition) is 1. The minimum Gasteiger partial charge on any atom is -0.493 e. The third-order valence-corrected chi connectivity index (χ3v) is 5.05. The lowest BCUT2D eigenvalue weighted by molar-refractivity contribution is -0.113. The van der Waals surface area contributed by atoms with Crippen LogP contribution in [0.3, 0.4) is 0 Å². The number of anilines is 1. The van der Waals surface area contributed by atoms with Crippen molar-refractivity contribution < 1.29 is 18.7 Å². The summed E-state index contributed by atoms with van der Waals surface area (Å²) in [6, 6.07) is 13.7. The lowest BCUT2D eigenvalue weighted by Crippen LogP contribution is -2.14. The standard InChI is InChI=1S/C21H20FN3O3S/c1-13-4-6-15(11-16(13)22)23-20(26)12-29-21-9-7-17(24-25-21)14-5-8-18(27-2)19(10-14)28-3/h4-11H,12H2,1-3H3,(H,23,26). The Morgan fingerprint density at radius 3 is 2.48 bits per heavy atom. The molecule has 0 saturated heterocycles. The Labute approximate surface area is 172 Å². The highest BCUT2D eigenvalue weighted by atomic mass is 32.2. The Kier molecular flexibility index (Phi) is 6.66. The molecule has 0 aliphatic rings.